The summed E-state index contributed by atoms with van der Waals surface area (Å²) in [5, 5.41) is 18.3. The molecule has 0 atom stereocenters. The molecule has 20 heavy (non-hydrogen) atoms. The highest BCUT2D eigenvalue weighted by atomic mass is 16.3. The van der Waals surface area contributed by atoms with Gasteiger partial charge in [0.25, 0.3) is 0 Å². The van der Waals surface area contributed by atoms with Crippen molar-refractivity contribution in [3.63, 3.8) is 0 Å². The Morgan fingerprint density at radius 3 is 2.05 bits per heavy atom. The summed E-state index contributed by atoms with van der Waals surface area (Å²) in [6.45, 7) is 0. The van der Waals surface area contributed by atoms with Gasteiger partial charge in [-0.3, -0.25) is 4.79 Å². The highest BCUT2D eigenvalue weighted by molar-refractivity contribution is 5.93. The van der Waals surface area contributed by atoms with Gasteiger partial charge in [-0.15, -0.1) is 0 Å². The van der Waals surface area contributed by atoms with E-state index in [-0.39, 0.29) is 17.3 Å². The number of phenolic OH excluding ortho intramolecular Hbond substituents is 2. The minimum Gasteiger partial charge on any atom is -0.508 e. The van der Waals surface area contributed by atoms with Crippen LogP contribution in [0.15, 0.2) is 54.6 Å². The number of phenols is 2. The van der Waals surface area contributed by atoms with Gasteiger partial charge in [-0.25, -0.2) is 0 Å². The van der Waals surface area contributed by atoms with Crippen LogP contribution < -0.4 is 0 Å². The molecule has 0 aliphatic rings. The molecule has 3 nitrogen and oxygen atoms in total. The number of aryl methyl sites for hydroxylation is 1. The fourth-order valence-electron chi connectivity index (χ4n) is 1.79. The smallest absolute Gasteiger partial charge is 0.156 e. The summed E-state index contributed by atoms with van der Waals surface area (Å²) in [5.74, 6) is 0.485. The maximum absolute atomic E-state index is 11.7. The number of rotatable bonds is 5. The lowest BCUT2D eigenvalue weighted by Gasteiger charge is -1.99. The van der Waals surface area contributed by atoms with Gasteiger partial charge in [-0.2, -0.15) is 0 Å². The number of aromatic hydroxyl groups is 2. The molecular formula is C17H16O3. The van der Waals surface area contributed by atoms with Crippen LogP contribution >= 0.6 is 0 Å². The third kappa shape index (κ3) is 4.28. The van der Waals surface area contributed by atoms with Crippen LogP contribution in [0.5, 0.6) is 11.5 Å². The first kappa shape index (κ1) is 13.9. The van der Waals surface area contributed by atoms with E-state index in [1.54, 1.807) is 48.6 Å². The van der Waals surface area contributed by atoms with E-state index in [0.717, 1.165) is 11.1 Å². The van der Waals surface area contributed by atoms with Crippen LogP contribution in [0.1, 0.15) is 17.5 Å². The Balaban J connectivity index is 1.86. The summed E-state index contributed by atoms with van der Waals surface area (Å²) in [4.78, 5) is 11.7. The Morgan fingerprint density at radius 2 is 1.45 bits per heavy atom. The monoisotopic (exact) mass is 268 g/mol. The predicted molar refractivity (Wildman–Crippen MR) is 78.6 cm³/mol. The molecule has 0 heterocycles. The predicted octanol–water partition coefficient (Wildman–Crippen LogP) is 3.31. The van der Waals surface area contributed by atoms with E-state index in [4.69, 9.17) is 10.2 Å². The van der Waals surface area contributed by atoms with Crippen LogP contribution in [0.25, 0.3) is 6.08 Å². The molecule has 102 valence electrons. The van der Waals surface area contributed by atoms with E-state index in [9.17, 15) is 4.79 Å². The van der Waals surface area contributed by atoms with E-state index < -0.39 is 0 Å². The van der Waals surface area contributed by atoms with Gasteiger partial charge < -0.3 is 10.2 Å². The highest BCUT2D eigenvalue weighted by Crippen LogP contribution is 2.13. The van der Waals surface area contributed by atoms with Gasteiger partial charge in [0, 0.05) is 6.42 Å². The van der Waals surface area contributed by atoms with E-state index in [2.05, 4.69) is 0 Å². The minimum absolute atomic E-state index is 0.0474. The topological polar surface area (TPSA) is 57.5 Å². The lowest BCUT2D eigenvalue weighted by molar-refractivity contribution is -0.114. The maximum atomic E-state index is 11.7. The quantitative estimate of drug-likeness (QED) is 0.818. The van der Waals surface area contributed by atoms with Crippen LogP contribution in [-0.4, -0.2) is 16.0 Å². The summed E-state index contributed by atoms with van der Waals surface area (Å²) < 4.78 is 0. The van der Waals surface area contributed by atoms with E-state index in [0.29, 0.717) is 12.8 Å². The van der Waals surface area contributed by atoms with E-state index >= 15 is 0 Å². The minimum atomic E-state index is 0.0474. The molecule has 0 bridgehead atoms. The van der Waals surface area contributed by atoms with Crippen LogP contribution in [0.2, 0.25) is 0 Å². The molecule has 2 aromatic carbocycles. The van der Waals surface area contributed by atoms with Gasteiger partial charge in [0.2, 0.25) is 0 Å². The van der Waals surface area contributed by atoms with Crippen LogP contribution in [0.3, 0.4) is 0 Å². The van der Waals surface area contributed by atoms with E-state index in [1.807, 2.05) is 12.1 Å². The number of carbonyl (C=O) groups is 1. The van der Waals surface area contributed by atoms with Gasteiger partial charge in [0.1, 0.15) is 11.5 Å². The zero-order valence-electron chi connectivity index (χ0n) is 11.0. The summed E-state index contributed by atoms with van der Waals surface area (Å²) in [5.41, 5.74) is 1.90. The average Bonchev–Trinajstić information content (AvgIpc) is 2.46. The molecule has 0 saturated heterocycles. The lowest BCUT2D eigenvalue weighted by atomic mass is 10.1. The summed E-state index contributed by atoms with van der Waals surface area (Å²) in [6.07, 6.45) is 4.36. The first-order chi connectivity index (χ1) is 9.63. The second kappa shape index (κ2) is 6.57. The fourth-order valence-corrected chi connectivity index (χ4v) is 1.79. The van der Waals surface area contributed by atoms with Gasteiger partial charge >= 0.3 is 0 Å². The molecule has 0 saturated carbocycles. The first-order valence-corrected chi connectivity index (χ1v) is 6.41. The van der Waals surface area contributed by atoms with Crippen LogP contribution in [0.4, 0.5) is 0 Å². The second-order valence-corrected chi connectivity index (χ2v) is 4.56. The standard InChI is InChI=1S/C17H16O3/c18-15-7-1-13(2-8-15)5-11-17(20)12-6-14-3-9-16(19)10-4-14/h1-5,7-11,18-19H,6,12H2/b11-5+. The Morgan fingerprint density at radius 1 is 0.900 bits per heavy atom. The molecule has 2 aromatic rings. The van der Waals surface area contributed by atoms with Crippen molar-refractivity contribution in [1.29, 1.82) is 0 Å². The number of allylic oxidation sites excluding steroid dienone is 1. The van der Waals surface area contributed by atoms with Crippen molar-refractivity contribution in [3.8, 4) is 11.5 Å². The average molecular weight is 268 g/mol. The number of hydrogen-bond donors (Lipinski definition) is 2. The van der Waals surface area contributed by atoms with Gasteiger partial charge in [0.05, 0.1) is 0 Å². The van der Waals surface area contributed by atoms with Gasteiger partial charge in [-0.05, 0) is 47.9 Å². The fraction of sp³-hybridized carbons (Fsp3) is 0.118. The zero-order valence-corrected chi connectivity index (χ0v) is 11.0. The molecule has 2 N–H and O–H groups in total. The molecule has 0 aromatic heterocycles. The molecule has 0 spiro atoms. The number of ketones is 1. The van der Waals surface area contributed by atoms with Crippen molar-refractivity contribution in [1.82, 2.24) is 0 Å². The molecule has 0 fully saturated rings. The Labute approximate surface area is 117 Å². The second-order valence-electron chi connectivity index (χ2n) is 4.56. The SMILES string of the molecule is O=C(/C=C/c1ccc(O)cc1)CCc1ccc(O)cc1. The normalized spacial score (nSPS) is 10.8. The molecule has 2 rings (SSSR count). The maximum Gasteiger partial charge on any atom is 0.156 e. The van der Waals surface area contributed by atoms with Crippen molar-refractivity contribution in [2.24, 2.45) is 0 Å². The molecule has 0 aliphatic carbocycles. The Kier molecular flexibility index (Phi) is 4.56. The van der Waals surface area contributed by atoms with Crippen molar-refractivity contribution >= 4 is 11.9 Å². The summed E-state index contributed by atoms with van der Waals surface area (Å²) in [6, 6.07) is 13.5. The molecule has 3 heteroatoms. The molecule has 0 amide bonds. The van der Waals surface area contributed by atoms with Crippen molar-refractivity contribution in [2.75, 3.05) is 0 Å². The van der Waals surface area contributed by atoms with Crippen molar-refractivity contribution < 1.29 is 15.0 Å². The number of carbonyl (C=O) groups excluding carboxylic acids is 1. The van der Waals surface area contributed by atoms with Gasteiger partial charge in [-0.1, -0.05) is 30.3 Å². The number of benzene rings is 2. The van der Waals surface area contributed by atoms with Crippen molar-refractivity contribution in [3.05, 3.63) is 65.7 Å². The Hall–Kier alpha value is -2.55. The molecule has 0 radical (unpaired) electrons. The molecule has 0 aliphatic heterocycles. The first-order valence-electron chi connectivity index (χ1n) is 6.41. The lowest BCUT2D eigenvalue weighted by Crippen LogP contribution is -1.95. The third-order valence-corrected chi connectivity index (χ3v) is 2.95. The molecule has 0 unspecified atom stereocenters. The summed E-state index contributed by atoms with van der Waals surface area (Å²) in [7, 11) is 0. The zero-order chi connectivity index (χ0) is 14.4. The van der Waals surface area contributed by atoms with Crippen LogP contribution in [-0.2, 0) is 11.2 Å². The van der Waals surface area contributed by atoms with Gasteiger partial charge in [0.15, 0.2) is 5.78 Å². The largest absolute Gasteiger partial charge is 0.508 e. The van der Waals surface area contributed by atoms with E-state index in [1.165, 1.54) is 0 Å². The van der Waals surface area contributed by atoms with Crippen LogP contribution in [0, 0.1) is 0 Å². The number of hydrogen-bond acceptors (Lipinski definition) is 3. The Bertz CT molecular complexity index is 595. The highest BCUT2D eigenvalue weighted by Gasteiger charge is 1.99. The molecular weight excluding hydrogens is 252 g/mol. The third-order valence-electron chi connectivity index (χ3n) is 2.95. The van der Waals surface area contributed by atoms with Crippen molar-refractivity contribution in [2.45, 2.75) is 12.8 Å². The summed E-state index contributed by atoms with van der Waals surface area (Å²) >= 11 is 0.